The second kappa shape index (κ2) is 5.10. The van der Waals surface area contributed by atoms with Crippen molar-refractivity contribution in [3.63, 3.8) is 0 Å². The highest BCUT2D eigenvalue weighted by Gasteiger charge is 1.96. The average molecular weight is 217 g/mol. The van der Waals surface area contributed by atoms with Crippen LogP contribution < -0.4 is 5.32 Å². The van der Waals surface area contributed by atoms with E-state index in [4.69, 9.17) is 0 Å². The van der Waals surface area contributed by atoms with Crippen LogP contribution in [-0.4, -0.2) is 0 Å². The van der Waals surface area contributed by atoms with Crippen LogP contribution in [0.25, 0.3) is 0 Å². The van der Waals surface area contributed by atoms with Gasteiger partial charge in [0.05, 0.1) is 0 Å². The van der Waals surface area contributed by atoms with Gasteiger partial charge in [-0.15, -0.1) is 0 Å². The fourth-order valence-corrected chi connectivity index (χ4v) is 2.21. The zero-order valence-electron chi connectivity index (χ0n) is 8.86. The lowest BCUT2D eigenvalue weighted by Gasteiger charge is -2.06. The smallest absolute Gasteiger partial charge is 0.0216 e. The second-order valence-electron chi connectivity index (χ2n) is 3.66. The van der Waals surface area contributed by atoms with Crippen LogP contribution in [-0.2, 0) is 13.1 Å². The minimum absolute atomic E-state index is 0.947. The Morgan fingerprint density at radius 2 is 2.00 bits per heavy atom. The van der Waals surface area contributed by atoms with Crippen LogP contribution in [0.4, 0.5) is 0 Å². The molecule has 0 unspecified atom stereocenters. The highest BCUT2D eigenvalue weighted by atomic mass is 32.1. The number of thiophene rings is 1. The third kappa shape index (κ3) is 2.91. The topological polar surface area (TPSA) is 12.0 Å². The molecule has 0 amide bonds. The third-order valence-corrected chi connectivity index (χ3v) is 3.22. The summed E-state index contributed by atoms with van der Waals surface area (Å²) < 4.78 is 0. The monoisotopic (exact) mass is 217 g/mol. The van der Waals surface area contributed by atoms with Gasteiger partial charge in [-0.1, -0.05) is 24.3 Å². The molecule has 78 valence electrons. The molecular formula is C13H15NS. The van der Waals surface area contributed by atoms with E-state index in [1.54, 1.807) is 11.3 Å². The Bertz CT molecular complexity index is 406. The van der Waals surface area contributed by atoms with Gasteiger partial charge in [0.1, 0.15) is 0 Å². The first-order chi connectivity index (χ1) is 7.36. The molecule has 0 radical (unpaired) electrons. The maximum atomic E-state index is 3.45. The summed E-state index contributed by atoms with van der Waals surface area (Å²) in [6.07, 6.45) is 0. The standard InChI is InChI=1S/C13H15NS/c1-11-4-2-3-5-13(11)9-14-8-12-6-7-15-10-12/h2-7,10,14H,8-9H2,1H3. The van der Waals surface area contributed by atoms with E-state index in [0.29, 0.717) is 0 Å². The predicted octanol–water partition coefficient (Wildman–Crippen LogP) is 3.35. The average Bonchev–Trinajstić information content (AvgIpc) is 2.74. The maximum absolute atomic E-state index is 3.45. The second-order valence-corrected chi connectivity index (χ2v) is 4.44. The SMILES string of the molecule is Cc1ccccc1CNCc1ccsc1. The van der Waals surface area contributed by atoms with Gasteiger partial charge in [-0.05, 0) is 40.4 Å². The minimum Gasteiger partial charge on any atom is -0.309 e. The van der Waals surface area contributed by atoms with Crippen molar-refractivity contribution in [3.05, 3.63) is 57.8 Å². The molecule has 1 aromatic carbocycles. The summed E-state index contributed by atoms with van der Waals surface area (Å²) in [6, 6.07) is 10.7. The van der Waals surface area contributed by atoms with Crippen molar-refractivity contribution in [1.29, 1.82) is 0 Å². The molecule has 1 heterocycles. The molecule has 1 nitrogen and oxygen atoms in total. The summed E-state index contributed by atoms with van der Waals surface area (Å²) in [5.41, 5.74) is 4.11. The Morgan fingerprint density at radius 3 is 2.73 bits per heavy atom. The first-order valence-electron chi connectivity index (χ1n) is 5.12. The summed E-state index contributed by atoms with van der Waals surface area (Å²) in [6.45, 7) is 4.06. The van der Waals surface area contributed by atoms with Gasteiger partial charge < -0.3 is 5.32 Å². The van der Waals surface area contributed by atoms with Crippen LogP contribution in [0.2, 0.25) is 0 Å². The van der Waals surface area contributed by atoms with Gasteiger partial charge in [0.25, 0.3) is 0 Å². The molecule has 0 aliphatic rings. The van der Waals surface area contributed by atoms with Gasteiger partial charge in [0, 0.05) is 13.1 Å². The molecule has 0 saturated carbocycles. The first kappa shape index (κ1) is 10.4. The molecule has 2 heteroatoms. The van der Waals surface area contributed by atoms with Crippen molar-refractivity contribution in [2.45, 2.75) is 20.0 Å². The summed E-state index contributed by atoms with van der Waals surface area (Å²) in [4.78, 5) is 0. The number of hydrogen-bond donors (Lipinski definition) is 1. The van der Waals surface area contributed by atoms with Crippen LogP contribution in [0.1, 0.15) is 16.7 Å². The van der Waals surface area contributed by atoms with Crippen molar-refractivity contribution < 1.29 is 0 Å². The Morgan fingerprint density at radius 1 is 1.13 bits per heavy atom. The molecule has 1 aromatic heterocycles. The summed E-state index contributed by atoms with van der Waals surface area (Å²) in [5.74, 6) is 0. The van der Waals surface area contributed by atoms with Gasteiger partial charge in [-0.3, -0.25) is 0 Å². The van der Waals surface area contributed by atoms with Gasteiger partial charge in [0.15, 0.2) is 0 Å². The lowest BCUT2D eigenvalue weighted by Crippen LogP contribution is -2.12. The number of hydrogen-bond acceptors (Lipinski definition) is 2. The van der Waals surface area contributed by atoms with Crippen LogP contribution in [0.3, 0.4) is 0 Å². The molecule has 0 fully saturated rings. The van der Waals surface area contributed by atoms with E-state index in [2.05, 4.69) is 53.3 Å². The third-order valence-electron chi connectivity index (χ3n) is 2.49. The summed E-state index contributed by atoms with van der Waals surface area (Å²) in [5, 5.41) is 7.75. The minimum atomic E-state index is 0.947. The van der Waals surface area contributed by atoms with E-state index in [-0.39, 0.29) is 0 Å². The van der Waals surface area contributed by atoms with Crippen molar-refractivity contribution in [3.8, 4) is 0 Å². The maximum Gasteiger partial charge on any atom is 0.0216 e. The molecule has 0 atom stereocenters. The Labute approximate surface area is 94.8 Å². The lowest BCUT2D eigenvalue weighted by molar-refractivity contribution is 0.692. The molecule has 2 rings (SSSR count). The molecule has 0 spiro atoms. The van der Waals surface area contributed by atoms with E-state index in [1.807, 2.05) is 0 Å². The van der Waals surface area contributed by atoms with Gasteiger partial charge in [0.2, 0.25) is 0 Å². The number of aryl methyl sites for hydroxylation is 1. The summed E-state index contributed by atoms with van der Waals surface area (Å²) >= 11 is 1.75. The van der Waals surface area contributed by atoms with E-state index in [1.165, 1.54) is 16.7 Å². The normalized spacial score (nSPS) is 10.5. The van der Waals surface area contributed by atoms with Crippen LogP contribution >= 0.6 is 11.3 Å². The molecule has 15 heavy (non-hydrogen) atoms. The molecule has 0 bridgehead atoms. The van der Waals surface area contributed by atoms with Crippen molar-refractivity contribution >= 4 is 11.3 Å². The van der Waals surface area contributed by atoms with E-state index in [9.17, 15) is 0 Å². The van der Waals surface area contributed by atoms with E-state index in [0.717, 1.165) is 13.1 Å². The van der Waals surface area contributed by atoms with E-state index < -0.39 is 0 Å². The number of benzene rings is 1. The zero-order valence-corrected chi connectivity index (χ0v) is 9.68. The largest absolute Gasteiger partial charge is 0.309 e. The van der Waals surface area contributed by atoms with Crippen molar-refractivity contribution in [2.75, 3.05) is 0 Å². The number of rotatable bonds is 4. The van der Waals surface area contributed by atoms with Crippen LogP contribution in [0, 0.1) is 6.92 Å². The molecule has 0 aliphatic carbocycles. The molecular weight excluding hydrogens is 202 g/mol. The highest BCUT2D eigenvalue weighted by molar-refractivity contribution is 7.07. The fraction of sp³-hybridized carbons (Fsp3) is 0.231. The quantitative estimate of drug-likeness (QED) is 0.828. The molecule has 2 aromatic rings. The fourth-order valence-electron chi connectivity index (χ4n) is 1.54. The lowest BCUT2D eigenvalue weighted by atomic mass is 10.1. The predicted molar refractivity (Wildman–Crippen MR) is 66.0 cm³/mol. The van der Waals surface area contributed by atoms with Crippen LogP contribution in [0.15, 0.2) is 41.1 Å². The summed E-state index contributed by atoms with van der Waals surface area (Å²) in [7, 11) is 0. The molecule has 0 saturated heterocycles. The number of nitrogens with one attached hydrogen (secondary N) is 1. The Hall–Kier alpha value is -1.12. The van der Waals surface area contributed by atoms with Gasteiger partial charge in [-0.2, -0.15) is 11.3 Å². The Kier molecular flexibility index (Phi) is 3.54. The van der Waals surface area contributed by atoms with Gasteiger partial charge in [-0.25, -0.2) is 0 Å². The zero-order chi connectivity index (χ0) is 10.5. The first-order valence-corrected chi connectivity index (χ1v) is 6.07. The molecule has 1 N–H and O–H groups in total. The van der Waals surface area contributed by atoms with Crippen LogP contribution in [0.5, 0.6) is 0 Å². The van der Waals surface area contributed by atoms with Crippen molar-refractivity contribution in [1.82, 2.24) is 5.32 Å². The highest BCUT2D eigenvalue weighted by Crippen LogP contribution is 2.08. The van der Waals surface area contributed by atoms with E-state index >= 15 is 0 Å². The van der Waals surface area contributed by atoms with Gasteiger partial charge >= 0.3 is 0 Å². The Balaban J connectivity index is 1.86. The van der Waals surface area contributed by atoms with Crippen molar-refractivity contribution in [2.24, 2.45) is 0 Å². The molecule has 0 aliphatic heterocycles.